The Balaban J connectivity index is 1.66. The van der Waals surface area contributed by atoms with Crippen LogP contribution in [0, 0.1) is 5.82 Å². The number of benzene rings is 2. The predicted octanol–water partition coefficient (Wildman–Crippen LogP) is 6.79. The van der Waals surface area contributed by atoms with Gasteiger partial charge in [0.15, 0.2) is 5.15 Å². The lowest BCUT2D eigenvalue weighted by Crippen LogP contribution is -2.44. The van der Waals surface area contributed by atoms with Gasteiger partial charge in [-0.05, 0) is 69.7 Å². The molecule has 0 radical (unpaired) electrons. The zero-order valence-corrected chi connectivity index (χ0v) is 20.3. The van der Waals surface area contributed by atoms with E-state index in [0.717, 1.165) is 36.2 Å². The molecule has 0 aliphatic carbocycles. The summed E-state index contributed by atoms with van der Waals surface area (Å²) in [4.78, 5) is 2.23. The van der Waals surface area contributed by atoms with Crippen LogP contribution in [-0.4, -0.2) is 47.6 Å². The summed E-state index contributed by atoms with van der Waals surface area (Å²) in [6.07, 6.45) is -3.43. The molecule has 34 heavy (non-hydrogen) atoms. The summed E-state index contributed by atoms with van der Waals surface area (Å²) in [5.74, 6) is -0.308. The average molecular weight is 518 g/mol. The molecule has 2 heterocycles. The van der Waals surface area contributed by atoms with Gasteiger partial charge in [-0.15, -0.1) is 0 Å². The van der Waals surface area contributed by atoms with Crippen molar-refractivity contribution in [2.45, 2.75) is 44.0 Å². The molecule has 0 bridgehead atoms. The standard InChI is InChI=1S/C24H25Cl2F4N3O/c1-15(19-11-17(25)12-20-21(19)33(31-22(20)26)13-24(28,29)30)34-14-23(7-9-32(2)10-8-23)16-3-5-18(27)6-4-16/h3-6,11-12,15H,7-10,13-14H2,1-2H3/t15-/m1/s1. The number of halogens is 6. The van der Waals surface area contributed by atoms with Crippen LogP contribution < -0.4 is 0 Å². The molecule has 1 aliphatic rings. The fraction of sp³-hybridized carbons (Fsp3) is 0.458. The first kappa shape index (κ1) is 25.2. The van der Waals surface area contributed by atoms with E-state index in [4.69, 9.17) is 27.9 Å². The molecule has 1 aliphatic heterocycles. The number of likely N-dealkylation sites (tertiary alicyclic amines) is 1. The van der Waals surface area contributed by atoms with Crippen LogP contribution in [0.1, 0.15) is 37.0 Å². The van der Waals surface area contributed by atoms with Crippen LogP contribution in [-0.2, 0) is 16.7 Å². The summed E-state index contributed by atoms with van der Waals surface area (Å²) >= 11 is 12.4. The normalized spacial score (nSPS) is 17.9. The van der Waals surface area contributed by atoms with Crippen LogP contribution in [0.5, 0.6) is 0 Å². The van der Waals surface area contributed by atoms with E-state index in [1.54, 1.807) is 25.1 Å². The third-order valence-corrected chi connectivity index (χ3v) is 7.07. The molecular formula is C24H25Cl2F4N3O. The van der Waals surface area contributed by atoms with E-state index in [-0.39, 0.29) is 21.9 Å². The van der Waals surface area contributed by atoms with Gasteiger partial charge in [0.05, 0.1) is 18.2 Å². The van der Waals surface area contributed by atoms with E-state index < -0.39 is 18.8 Å². The fourth-order valence-corrected chi connectivity index (χ4v) is 5.07. The molecule has 1 fully saturated rings. The van der Waals surface area contributed by atoms with Gasteiger partial charge in [0.25, 0.3) is 0 Å². The minimum absolute atomic E-state index is 0.0479. The summed E-state index contributed by atoms with van der Waals surface area (Å²) in [5, 5.41) is 4.52. The maximum Gasteiger partial charge on any atom is 0.408 e. The number of nitrogens with zero attached hydrogens (tertiary/aromatic N) is 3. The van der Waals surface area contributed by atoms with Gasteiger partial charge in [0, 0.05) is 21.4 Å². The lowest BCUT2D eigenvalue weighted by Gasteiger charge is -2.41. The van der Waals surface area contributed by atoms with Crippen molar-refractivity contribution < 1.29 is 22.3 Å². The van der Waals surface area contributed by atoms with Crippen LogP contribution in [0.3, 0.4) is 0 Å². The van der Waals surface area contributed by atoms with Crippen molar-refractivity contribution in [2.75, 3.05) is 26.7 Å². The highest BCUT2D eigenvalue weighted by atomic mass is 35.5. The number of aromatic nitrogens is 2. The first-order chi connectivity index (χ1) is 16.0. The maximum atomic E-state index is 13.6. The highest BCUT2D eigenvalue weighted by Gasteiger charge is 2.37. The minimum Gasteiger partial charge on any atom is -0.373 e. The quantitative estimate of drug-likeness (QED) is 0.337. The van der Waals surface area contributed by atoms with E-state index in [1.807, 2.05) is 7.05 Å². The summed E-state index contributed by atoms with van der Waals surface area (Å²) in [7, 11) is 2.05. The summed E-state index contributed by atoms with van der Waals surface area (Å²) in [5.41, 5.74) is 1.37. The molecule has 1 aromatic heterocycles. The van der Waals surface area contributed by atoms with E-state index >= 15 is 0 Å². The Labute approximate surface area is 205 Å². The molecule has 184 valence electrons. The van der Waals surface area contributed by atoms with Crippen molar-refractivity contribution in [3.05, 3.63) is 63.5 Å². The molecule has 0 amide bonds. The Morgan fingerprint density at radius 3 is 2.38 bits per heavy atom. The lowest BCUT2D eigenvalue weighted by molar-refractivity contribution is -0.141. The molecule has 4 nitrogen and oxygen atoms in total. The summed E-state index contributed by atoms with van der Waals surface area (Å²) in [6.45, 7) is 2.53. The smallest absolute Gasteiger partial charge is 0.373 e. The second-order valence-corrected chi connectivity index (χ2v) is 9.79. The van der Waals surface area contributed by atoms with Gasteiger partial charge in [-0.1, -0.05) is 35.3 Å². The van der Waals surface area contributed by atoms with Crippen molar-refractivity contribution >= 4 is 34.1 Å². The predicted molar refractivity (Wildman–Crippen MR) is 125 cm³/mol. The molecule has 2 aromatic carbocycles. The molecule has 0 unspecified atom stereocenters. The van der Waals surface area contributed by atoms with Gasteiger partial charge in [-0.25, -0.2) is 4.39 Å². The molecule has 1 atom stereocenters. The van der Waals surface area contributed by atoms with Crippen molar-refractivity contribution in [1.29, 1.82) is 0 Å². The van der Waals surface area contributed by atoms with Crippen LogP contribution in [0.25, 0.3) is 10.9 Å². The van der Waals surface area contributed by atoms with Gasteiger partial charge in [0.2, 0.25) is 0 Å². The molecule has 3 aromatic rings. The van der Waals surface area contributed by atoms with E-state index in [0.29, 0.717) is 22.6 Å². The summed E-state index contributed by atoms with van der Waals surface area (Å²) in [6, 6.07) is 9.55. The van der Waals surface area contributed by atoms with Crippen LogP contribution >= 0.6 is 23.2 Å². The number of ether oxygens (including phenoxy) is 1. The molecule has 1 saturated heterocycles. The molecule has 0 spiro atoms. The topological polar surface area (TPSA) is 30.3 Å². The Morgan fingerprint density at radius 1 is 1.12 bits per heavy atom. The molecule has 0 saturated carbocycles. The van der Waals surface area contributed by atoms with Crippen molar-refractivity contribution in [1.82, 2.24) is 14.7 Å². The Kier molecular flexibility index (Phi) is 7.16. The number of hydrogen-bond donors (Lipinski definition) is 0. The zero-order valence-electron chi connectivity index (χ0n) is 18.8. The fourth-order valence-electron chi connectivity index (χ4n) is 4.61. The lowest BCUT2D eigenvalue weighted by atomic mass is 9.73. The minimum atomic E-state index is -4.47. The zero-order chi connectivity index (χ0) is 24.7. The van der Waals surface area contributed by atoms with Crippen molar-refractivity contribution in [3.8, 4) is 0 Å². The van der Waals surface area contributed by atoms with Gasteiger partial charge in [-0.2, -0.15) is 18.3 Å². The summed E-state index contributed by atoms with van der Waals surface area (Å²) < 4.78 is 60.3. The van der Waals surface area contributed by atoms with E-state index in [9.17, 15) is 17.6 Å². The molecule has 10 heteroatoms. The van der Waals surface area contributed by atoms with Gasteiger partial charge in [-0.3, -0.25) is 4.68 Å². The second-order valence-electron chi connectivity index (χ2n) is 9.00. The number of hydrogen-bond acceptors (Lipinski definition) is 3. The third kappa shape index (κ3) is 5.35. The van der Waals surface area contributed by atoms with Crippen molar-refractivity contribution in [2.24, 2.45) is 0 Å². The highest BCUT2D eigenvalue weighted by molar-refractivity contribution is 6.36. The molecule has 0 N–H and O–H groups in total. The third-order valence-electron chi connectivity index (χ3n) is 6.57. The molecule has 4 rings (SSSR count). The Hall–Kier alpha value is -1.87. The van der Waals surface area contributed by atoms with E-state index in [1.165, 1.54) is 18.2 Å². The van der Waals surface area contributed by atoms with E-state index in [2.05, 4.69) is 10.00 Å². The Bertz CT molecular complexity index is 1160. The number of alkyl halides is 3. The average Bonchev–Trinajstić information content (AvgIpc) is 3.06. The van der Waals surface area contributed by atoms with Gasteiger partial charge >= 0.3 is 6.18 Å². The first-order valence-corrected chi connectivity index (χ1v) is 11.7. The van der Waals surface area contributed by atoms with Gasteiger partial charge < -0.3 is 9.64 Å². The first-order valence-electron chi connectivity index (χ1n) is 11.0. The highest BCUT2D eigenvalue weighted by Crippen LogP contribution is 2.39. The molecular weight excluding hydrogens is 493 g/mol. The number of rotatable bonds is 6. The second kappa shape index (κ2) is 9.64. The monoisotopic (exact) mass is 517 g/mol. The SMILES string of the molecule is C[C@@H](OCC1(c2ccc(F)cc2)CCN(C)CC1)c1cc(Cl)cc2c(Cl)nn(CC(F)(F)F)c12. The number of fused-ring (bicyclic) bond motifs is 1. The van der Waals surface area contributed by atoms with Crippen LogP contribution in [0.4, 0.5) is 17.6 Å². The Morgan fingerprint density at radius 2 is 1.76 bits per heavy atom. The van der Waals surface area contributed by atoms with Crippen molar-refractivity contribution in [3.63, 3.8) is 0 Å². The largest absolute Gasteiger partial charge is 0.408 e. The van der Waals surface area contributed by atoms with Crippen LogP contribution in [0.15, 0.2) is 36.4 Å². The number of piperidine rings is 1. The van der Waals surface area contributed by atoms with Gasteiger partial charge in [0.1, 0.15) is 12.4 Å². The van der Waals surface area contributed by atoms with Crippen LogP contribution in [0.2, 0.25) is 10.2 Å². The maximum absolute atomic E-state index is 13.6.